The summed E-state index contributed by atoms with van der Waals surface area (Å²) in [5, 5.41) is 20.3. The molecule has 0 radical (unpaired) electrons. The van der Waals surface area contributed by atoms with Crippen LogP contribution in [0.15, 0.2) is 35.4 Å². The molecular weight excluding hydrogens is 540 g/mol. The van der Waals surface area contributed by atoms with E-state index in [0.717, 1.165) is 7.85 Å². The van der Waals surface area contributed by atoms with Gasteiger partial charge in [-0.1, -0.05) is 25.1 Å². The number of halogens is 1. The number of nitrogens with zero attached hydrogens (tertiary/aromatic N) is 4. The Kier molecular flexibility index (Phi) is 8.33. The summed E-state index contributed by atoms with van der Waals surface area (Å²) in [6.07, 6.45) is 2.06. The zero-order chi connectivity index (χ0) is 28.9. The number of carbonyl (C=O) groups excluding carboxylic acids is 1. The highest BCUT2D eigenvalue weighted by Crippen LogP contribution is 2.40. The number of hydrogen-bond acceptors (Lipinski definition) is 7. The second kappa shape index (κ2) is 10.9. The van der Waals surface area contributed by atoms with Crippen molar-refractivity contribution in [3.05, 3.63) is 69.1 Å². The third-order valence-electron chi connectivity index (χ3n) is 7.67. The third-order valence-corrected chi connectivity index (χ3v) is 8.38. The Morgan fingerprint density at radius 3 is 2.62 bits per heavy atom. The number of aryl methyl sites for hydroxylation is 1. The van der Waals surface area contributed by atoms with Crippen LogP contribution in [0.2, 0.25) is 0 Å². The topological polar surface area (TPSA) is 118 Å². The second-order valence-corrected chi connectivity index (χ2v) is 12.8. The SMILES string of the molecule is BC(O)(O)C(=O)N1CC(OC)(c2cc3c(C[C@H](C)c4cccc(C(P)P)c4F)ncnc3n(C)c2=O)C[C@H]1C. The van der Waals surface area contributed by atoms with Gasteiger partial charge in [-0.25, -0.2) is 14.4 Å². The van der Waals surface area contributed by atoms with Gasteiger partial charge in [-0.2, -0.15) is 0 Å². The molecule has 2 N–H and O–H groups in total. The van der Waals surface area contributed by atoms with Gasteiger partial charge in [0.05, 0.1) is 17.8 Å². The molecule has 3 heterocycles. The number of benzene rings is 1. The van der Waals surface area contributed by atoms with E-state index in [-0.39, 0.29) is 35.7 Å². The number of ether oxygens (including phenoxy) is 1. The number of aromatic nitrogens is 3. The number of hydrogen-bond donors (Lipinski definition) is 2. The van der Waals surface area contributed by atoms with Crippen molar-refractivity contribution >= 4 is 43.3 Å². The normalized spacial score (nSPS) is 20.7. The van der Waals surface area contributed by atoms with Crippen molar-refractivity contribution in [3.63, 3.8) is 0 Å². The minimum absolute atomic E-state index is 0.0381. The Bertz CT molecular complexity index is 1480. The van der Waals surface area contributed by atoms with Gasteiger partial charge in [0.25, 0.3) is 11.5 Å². The van der Waals surface area contributed by atoms with E-state index in [1.165, 1.54) is 22.9 Å². The van der Waals surface area contributed by atoms with E-state index in [9.17, 15) is 19.8 Å². The lowest BCUT2D eigenvalue weighted by atomic mass is 9.89. The van der Waals surface area contributed by atoms with Gasteiger partial charge in [-0.05, 0) is 36.5 Å². The molecule has 0 bridgehead atoms. The number of pyridine rings is 1. The zero-order valence-electron chi connectivity index (χ0n) is 22.7. The van der Waals surface area contributed by atoms with E-state index in [1.54, 1.807) is 32.2 Å². The van der Waals surface area contributed by atoms with Crippen LogP contribution in [0.1, 0.15) is 54.0 Å². The molecule has 9 nitrogen and oxygen atoms in total. The monoisotopic (exact) mass is 574 g/mol. The van der Waals surface area contributed by atoms with Gasteiger partial charge < -0.3 is 19.8 Å². The Balaban J connectivity index is 1.80. The molecule has 1 aliphatic rings. The van der Waals surface area contributed by atoms with Crippen LogP contribution < -0.4 is 5.56 Å². The average Bonchev–Trinajstić information content (AvgIpc) is 3.22. The smallest absolute Gasteiger partial charge is 0.272 e. The molecule has 0 saturated carbocycles. The van der Waals surface area contributed by atoms with Crippen LogP contribution in [-0.2, 0) is 28.6 Å². The Morgan fingerprint density at radius 2 is 2.00 bits per heavy atom. The van der Waals surface area contributed by atoms with Crippen molar-refractivity contribution in [2.75, 3.05) is 13.7 Å². The molecule has 1 aliphatic heterocycles. The minimum atomic E-state index is -2.55. The van der Waals surface area contributed by atoms with E-state index >= 15 is 4.39 Å². The van der Waals surface area contributed by atoms with E-state index in [1.807, 2.05) is 13.0 Å². The molecule has 13 heteroatoms. The molecule has 1 saturated heterocycles. The maximum absolute atomic E-state index is 15.3. The fraction of sp³-hybridized carbons (Fsp3) is 0.462. The predicted molar refractivity (Wildman–Crippen MR) is 156 cm³/mol. The first-order valence-electron chi connectivity index (χ1n) is 12.7. The quantitative estimate of drug-likeness (QED) is 0.248. The summed E-state index contributed by atoms with van der Waals surface area (Å²) in [5.41, 5.74) is -1.54. The first kappa shape index (κ1) is 29.7. The predicted octanol–water partition coefficient (Wildman–Crippen LogP) is 1.30. The Hall–Kier alpha value is -2.29. The first-order valence-corrected chi connectivity index (χ1v) is 14.0. The standard InChI is InChI=1S/C26H34BFN4O5P2/c1-13(15-6-5-7-16(20(15)28)23(38)39)8-19-17-9-18(22(33)31(3)21(17)30-12-29-19)25(37-4)10-14(2)32(11-25)24(34)26(27,35)36/h5-7,9,12-14,23,35-36H,8,10-11,27,38-39H2,1-4H3/t13-,14+,25?/m0/s1. The maximum atomic E-state index is 15.3. The van der Waals surface area contributed by atoms with Crippen LogP contribution >= 0.6 is 18.5 Å². The van der Waals surface area contributed by atoms with Crippen LogP contribution in [0.4, 0.5) is 4.39 Å². The first-order chi connectivity index (χ1) is 18.2. The number of likely N-dealkylation sites (tertiary alicyclic amines) is 1. The molecule has 3 unspecified atom stereocenters. The number of methoxy groups -OCH3 is 1. The van der Waals surface area contributed by atoms with Crippen molar-refractivity contribution in [2.45, 2.75) is 55.3 Å². The fourth-order valence-corrected chi connectivity index (χ4v) is 6.01. The highest BCUT2D eigenvalue weighted by molar-refractivity contribution is 7.37. The van der Waals surface area contributed by atoms with E-state index in [2.05, 4.69) is 28.4 Å². The molecule has 2 aromatic heterocycles. The van der Waals surface area contributed by atoms with Crippen LogP contribution in [0.3, 0.4) is 0 Å². The fourth-order valence-electron chi connectivity index (χ4n) is 5.49. The van der Waals surface area contributed by atoms with Gasteiger partial charge in [-0.15, -0.1) is 18.5 Å². The Morgan fingerprint density at radius 1 is 1.33 bits per heavy atom. The lowest BCUT2D eigenvalue weighted by Gasteiger charge is -2.30. The van der Waals surface area contributed by atoms with Crippen LogP contribution in [0, 0.1) is 5.82 Å². The third kappa shape index (κ3) is 5.40. The number of rotatable bonds is 7. The van der Waals surface area contributed by atoms with E-state index in [4.69, 9.17) is 4.74 Å². The summed E-state index contributed by atoms with van der Waals surface area (Å²) in [6, 6.07) is 6.65. The van der Waals surface area contributed by atoms with Crippen molar-refractivity contribution < 1.29 is 24.1 Å². The van der Waals surface area contributed by atoms with Crippen LogP contribution in [0.25, 0.3) is 11.0 Å². The lowest BCUT2D eigenvalue weighted by Crippen LogP contribution is -2.51. The highest BCUT2D eigenvalue weighted by Gasteiger charge is 2.50. The van der Waals surface area contributed by atoms with Gasteiger partial charge in [0, 0.05) is 37.4 Å². The number of fused-ring (bicyclic) bond motifs is 1. The summed E-state index contributed by atoms with van der Waals surface area (Å²) in [7, 11) is 9.25. The average molecular weight is 574 g/mol. The van der Waals surface area contributed by atoms with Crippen LogP contribution in [0.5, 0.6) is 0 Å². The summed E-state index contributed by atoms with van der Waals surface area (Å²) >= 11 is 0. The van der Waals surface area contributed by atoms with Crippen molar-refractivity contribution in [1.29, 1.82) is 0 Å². The molecule has 1 aromatic carbocycles. The number of amides is 1. The summed E-state index contributed by atoms with van der Waals surface area (Å²) < 4.78 is 22.6. The number of aliphatic hydroxyl groups is 2. The van der Waals surface area contributed by atoms with Gasteiger partial charge >= 0.3 is 0 Å². The summed E-state index contributed by atoms with van der Waals surface area (Å²) in [6.45, 7) is 3.66. The largest absolute Gasteiger partial charge is 0.371 e. The Labute approximate surface area is 232 Å². The maximum Gasteiger partial charge on any atom is 0.272 e. The minimum Gasteiger partial charge on any atom is -0.371 e. The van der Waals surface area contributed by atoms with Gasteiger partial charge in [-0.3, -0.25) is 14.2 Å². The highest BCUT2D eigenvalue weighted by atomic mass is 31.1. The van der Waals surface area contributed by atoms with Crippen LogP contribution in [-0.4, -0.2) is 68.8 Å². The molecule has 5 atom stereocenters. The molecule has 0 spiro atoms. The van der Waals surface area contributed by atoms with Gasteiger partial charge in [0.1, 0.15) is 23.4 Å². The molecule has 1 fully saturated rings. The van der Waals surface area contributed by atoms with Gasteiger partial charge in [0.2, 0.25) is 0 Å². The molecule has 39 heavy (non-hydrogen) atoms. The second-order valence-electron chi connectivity index (χ2n) is 10.6. The van der Waals surface area contributed by atoms with Crippen molar-refractivity contribution in [2.24, 2.45) is 7.05 Å². The molecule has 1 amide bonds. The van der Waals surface area contributed by atoms with Gasteiger partial charge in [0.15, 0.2) is 13.5 Å². The summed E-state index contributed by atoms with van der Waals surface area (Å²) in [5.74, 6) is -1.35. The van der Waals surface area contributed by atoms with E-state index < -0.39 is 23.2 Å². The lowest BCUT2D eigenvalue weighted by molar-refractivity contribution is -0.171. The zero-order valence-corrected chi connectivity index (χ0v) is 25.0. The number of carbonyl (C=O) groups is 1. The molecular formula is C26H34BFN4O5P2. The molecule has 208 valence electrons. The van der Waals surface area contributed by atoms with Crippen molar-refractivity contribution in [3.8, 4) is 0 Å². The summed E-state index contributed by atoms with van der Waals surface area (Å²) in [4.78, 5) is 36.5. The molecule has 0 aliphatic carbocycles. The molecule has 4 rings (SSSR count). The van der Waals surface area contributed by atoms with E-state index in [0.29, 0.717) is 39.8 Å². The molecule has 3 aromatic rings. The van der Waals surface area contributed by atoms with Crippen molar-refractivity contribution in [1.82, 2.24) is 19.4 Å².